The van der Waals surface area contributed by atoms with Crippen molar-refractivity contribution in [1.82, 2.24) is 0 Å². The van der Waals surface area contributed by atoms with E-state index in [4.69, 9.17) is 10.5 Å². The van der Waals surface area contributed by atoms with Crippen LogP contribution in [-0.2, 0) is 0 Å². The predicted octanol–water partition coefficient (Wildman–Crippen LogP) is 4.61. The number of hydrogen-bond donors (Lipinski definition) is 1. The molecule has 0 spiro atoms. The fraction of sp³-hybridized carbons (Fsp3) is 0.250. The van der Waals surface area contributed by atoms with Gasteiger partial charge in [-0.15, -0.1) is 0 Å². The first-order valence-corrected chi connectivity index (χ1v) is 7.14. The summed E-state index contributed by atoms with van der Waals surface area (Å²) in [5.74, 6) is 0.840. The molecule has 0 aliphatic heterocycles. The minimum Gasteiger partial charge on any atom is -0.486 e. The summed E-state index contributed by atoms with van der Waals surface area (Å²) in [6.07, 6.45) is 0.0225. The van der Waals surface area contributed by atoms with E-state index in [1.165, 1.54) is 0 Å². The van der Waals surface area contributed by atoms with Crippen LogP contribution in [0.5, 0.6) is 5.75 Å². The van der Waals surface area contributed by atoms with Crippen LogP contribution in [0.25, 0.3) is 0 Å². The maximum absolute atomic E-state index is 5.95. The zero-order chi connectivity index (χ0) is 13.8. The fourth-order valence-electron chi connectivity index (χ4n) is 1.95. The second kappa shape index (κ2) is 6.22. The van der Waals surface area contributed by atoms with Gasteiger partial charge < -0.3 is 10.5 Å². The van der Waals surface area contributed by atoms with E-state index in [1.54, 1.807) is 0 Å². The van der Waals surface area contributed by atoms with Gasteiger partial charge in [0.15, 0.2) is 0 Å². The molecule has 0 aromatic heterocycles. The third kappa shape index (κ3) is 3.58. The number of benzene rings is 2. The van der Waals surface area contributed by atoms with Gasteiger partial charge in [-0.05, 0) is 37.1 Å². The van der Waals surface area contributed by atoms with Gasteiger partial charge in [-0.3, -0.25) is 0 Å². The highest BCUT2D eigenvalue weighted by atomic mass is 79.9. The van der Waals surface area contributed by atoms with E-state index in [-0.39, 0.29) is 12.1 Å². The van der Waals surface area contributed by atoms with Crippen LogP contribution >= 0.6 is 15.9 Å². The van der Waals surface area contributed by atoms with Gasteiger partial charge in [-0.2, -0.15) is 0 Å². The van der Waals surface area contributed by atoms with Crippen molar-refractivity contribution < 1.29 is 4.74 Å². The summed E-state index contributed by atoms with van der Waals surface area (Å²) in [5, 5.41) is 0. The second-order valence-electron chi connectivity index (χ2n) is 4.64. The van der Waals surface area contributed by atoms with E-state index in [0.29, 0.717) is 0 Å². The van der Waals surface area contributed by atoms with Gasteiger partial charge >= 0.3 is 0 Å². The molecule has 19 heavy (non-hydrogen) atoms. The van der Waals surface area contributed by atoms with Crippen LogP contribution in [-0.4, -0.2) is 0 Å². The number of rotatable bonds is 4. The molecule has 2 rings (SSSR count). The zero-order valence-corrected chi connectivity index (χ0v) is 12.7. The first-order valence-electron chi connectivity index (χ1n) is 6.34. The normalized spacial score (nSPS) is 13.9. The summed E-state index contributed by atoms with van der Waals surface area (Å²) >= 11 is 3.53. The van der Waals surface area contributed by atoms with Crippen molar-refractivity contribution in [3.63, 3.8) is 0 Å². The Hall–Kier alpha value is -1.32. The maximum atomic E-state index is 5.95. The van der Waals surface area contributed by atoms with Gasteiger partial charge in [0.2, 0.25) is 0 Å². The van der Waals surface area contributed by atoms with Gasteiger partial charge in [0.05, 0.1) is 0 Å². The number of halogens is 1. The molecule has 2 aromatic rings. The lowest BCUT2D eigenvalue weighted by molar-refractivity contribution is 0.226. The van der Waals surface area contributed by atoms with Crippen LogP contribution in [0, 0.1) is 0 Å². The minimum atomic E-state index is 0.00923. The summed E-state index contributed by atoms with van der Waals surface area (Å²) in [7, 11) is 0. The van der Waals surface area contributed by atoms with Gasteiger partial charge in [-0.25, -0.2) is 0 Å². The van der Waals surface area contributed by atoms with Gasteiger partial charge in [-0.1, -0.05) is 52.3 Å². The standard InChI is InChI=1S/C16H18BrNO/c1-11(18)15-9-8-14(10-16(15)17)19-12(2)13-6-4-3-5-7-13/h3-12H,18H2,1-2H3/t11-,12?/m1/s1. The number of hydrogen-bond acceptors (Lipinski definition) is 2. The number of nitrogens with two attached hydrogens (primary N) is 1. The first kappa shape index (κ1) is 14.1. The maximum Gasteiger partial charge on any atom is 0.121 e. The summed E-state index contributed by atoms with van der Waals surface area (Å²) in [6, 6.07) is 16.1. The van der Waals surface area contributed by atoms with Gasteiger partial charge in [0, 0.05) is 10.5 Å². The van der Waals surface area contributed by atoms with E-state index >= 15 is 0 Å². The molecular weight excluding hydrogens is 302 g/mol. The van der Waals surface area contributed by atoms with Crippen LogP contribution in [0.4, 0.5) is 0 Å². The Kier molecular flexibility index (Phi) is 4.61. The summed E-state index contributed by atoms with van der Waals surface area (Å²) < 4.78 is 6.93. The van der Waals surface area contributed by atoms with Crippen LogP contribution in [0.3, 0.4) is 0 Å². The topological polar surface area (TPSA) is 35.2 Å². The smallest absolute Gasteiger partial charge is 0.121 e. The molecule has 0 saturated carbocycles. The molecule has 0 bridgehead atoms. The van der Waals surface area contributed by atoms with Crippen LogP contribution < -0.4 is 10.5 Å². The molecule has 1 unspecified atom stereocenters. The van der Waals surface area contributed by atoms with E-state index in [2.05, 4.69) is 28.1 Å². The Labute approximate surface area is 122 Å². The summed E-state index contributed by atoms with van der Waals surface area (Å²) in [6.45, 7) is 4.01. The largest absolute Gasteiger partial charge is 0.486 e. The Bertz CT molecular complexity index is 540. The molecule has 2 nitrogen and oxygen atoms in total. The Morgan fingerprint density at radius 1 is 1.05 bits per heavy atom. The molecule has 0 amide bonds. The SMILES string of the molecule is CC(Oc1ccc([C@@H](C)N)c(Br)c1)c1ccccc1. The lowest BCUT2D eigenvalue weighted by Gasteiger charge is -2.16. The Morgan fingerprint density at radius 3 is 2.32 bits per heavy atom. The highest BCUT2D eigenvalue weighted by molar-refractivity contribution is 9.10. The molecule has 0 saturated heterocycles. The van der Waals surface area contributed by atoms with Crippen molar-refractivity contribution in [2.24, 2.45) is 5.73 Å². The lowest BCUT2D eigenvalue weighted by atomic mass is 10.1. The predicted molar refractivity (Wildman–Crippen MR) is 82.2 cm³/mol. The first-order chi connectivity index (χ1) is 9.08. The van der Waals surface area contributed by atoms with Crippen molar-refractivity contribution in [3.8, 4) is 5.75 Å². The van der Waals surface area contributed by atoms with Crippen LogP contribution in [0.15, 0.2) is 53.0 Å². The average molecular weight is 320 g/mol. The van der Waals surface area contributed by atoms with Crippen molar-refractivity contribution in [3.05, 3.63) is 64.1 Å². The van der Waals surface area contributed by atoms with E-state index in [1.807, 2.05) is 50.2 Å². The Morgan fingerprint density at radius 2 is 1.74 bits per heavy atom. The molecule has 0 radical (unpaired) electrons. The van der Waals surface area contributed by atoms with E-state index in [0.717, 1.165) is 21.3 Å². The molecule has 100 valence electrons. The monoisotopic (exact) mass is 319 g/mol. The van der Waals surface area contributed by atoms with Crippen molar-refractivity contribution >= 4 is 15.9 Å². The second-order valence-corrected chi connectivity index (χ2v) is 5.50. The highest BCUT2D eigenvalue weighted by Crippen LogP contribution is 2.29. The summed E-state index contributed by atoms with van der Waals surface area (Å²) in [5.41, 5.74) is 8.13. The van der Waals surface area contributed by atoms with Crippen molar-refractivity contribution in [2.45, 2.75) is 26.0 Å². The third-order valence-electron chi connectivity index (χ3n) is 3.04. The molecule has 0 heterocycles. The molecule has 2 atom stereocenters. The highest BCUT2D eigenvalue weighted by Gasteiger charge is 2.09. The molecule has 2 aromatic carbocycles. The summed E-state index contributed by atoms with van der Waals surface area (Å²) in [4.78, 5) is 0. The third-order valence-corrected chi connectivity index (χ3v) is 3.73. The van der Waals surface area contributed by atoms with Crippen LogP contribution in [0.1, 0.15) is 37.1 Å². The van der Waals surface area contributed by atoms with E-state index < -0.39 is 0 Å². The zero-order valence-electron chi connectivity index (χ0n) is 11.1. The molecule has 0 fully saturated rings. The van der Waals surface area contributed by atoms with Crippen LogP contribution in [0.2, 0.25) is 0 Å². The van der Waals surface area contributed by atoms with Gasteiger partial charge in [0.1, 0.15) is 11.9 Å². The molecule has 0 aliphatic carbocycles. The quantitative estimate of drug-likeness (QED) is 0.893. The molecular formula is C16H18BrNO. The Balaban J connectivity index is 2.14. The average Bonchev–Trinajstić information content (AvgIpc) is 2.39. The van der Waals surface area contributed by atoms with Crippen molar-refractivity contribution in [1.29, 1.82) is 0 Å². The number of ether oxygens (including phenoxy) is 1. The van der Waals surface area contributed by atoms with E-state index in [9.17, 15) is 0 Å². The molecule has 2 N–H and O–H groups in total. The molecule has 3 heteroatoms. The van der Waals surface area contributed by atoms with Gasteiger partial charge in [0.25, 0.3) is 0 Å². The fourth-order valence-corrected chi connectivity index (χ4v) is 2.67. The lowest BCUT2D eigenvalue weighted by Crippen LogP contribution is -2.07. The minimum absolute atomic E-state index is 0.00923. The van der Waals surface area contributed by atoms with Crippen molar-refractivity contribution in [2.75, 3.05) is 0 Å². The molecule has 0 aliphatic rings.